The van der Waals surface area contributed by atoms with E-state index >= 15 is 0 Å². The Morgan fingerprint density at radius 1 is 0.380 bits per heavy atom. The van der Waals surface area contributed by atoms with E-state index in [2.05, 4.69) is 220 Å². The zero-order valence-corrected chi connectivity index (χ0v) is 49.6. The van der Waals surface area contributed by atoms with Crippen molar-refractivity contribution in [3.8, 4) is 0 Å². The summed E-state index contributed by atoms with van der Waals surface area (Å²) in [5.74, 6) is -0.939. The molecule has 79 heavy (non-hydrogen) atoms. The minimum Gasteiger partial charge on any atom is -0.462 e. The molecule has 0 aliphatic heterocycles. The van der Waals surface area contributed by atoms with Crippen LogP contribution in [0.5, 0.6) is 0 Å². The zero-order valence-electron chi connectivity index (χ0n) is 48.7. The van der Waals surface area contributed by atoms with Crippen molar-refractivity contribution in [1.82, 2.24) is 0 Å². The normalized spacial score (nSPS) is 14.5. The van der Waals surface area contributed by atoms with Crippen molar-refractivity contribution in [2.45, 2.75) is 187 Å². The van der Waals surface area contributed by atoms with Gasteiger partial charge in [-0.3, -0.25) is 18.6 Å². The monoisotopic (exact) mass is 1110 g/mol. The number of carbonyl (C=O) groups excluding carboxylic acids is 2. The van der Waals surface area contributed by atoms with Gasteiger partial charge < -0.3 is 20.1 Å². The van der Waals surface area contributed by atoms with E-state index in [4.69, 9.17) is 24.3 Å². The van der Waals surface area contributed by atoms with E-state index in [0.717, 1.165) is 141 Å². The number of carbonyl (C=O) groups is 2. The summed E-state index contributed by atoms with van der Waals surface area (Å²) in [7, 11) is -4.43. The molecule has 2 atom stereocenters. The molecule has 438 valence electrons. The van der Waals surface area contributed by atoms with E-state index < -0.39 is 32.5 Å². The van der Waals surface area contributed by atoms with Crippen molar-refractivity contribution in [2.24, 2.45) is 5.73 Å². The zero-order chi connectivity index (χ0) is 57.3. The number of unbranched alkanes of at least 4 members (excludes halogenated alkanes) is 5. The summed E-state index contributed by atoms with van der Waals surface area (Å²) in [6.45, 7) is 3.38. The predicted molar refractivity (Wildman–Crippen MR) is 338 cm³/mol. The molecule has 0 heterocycles. The molecule has 0 aromatic heterocycles. The van der Waals surface area contributed by atoms with Gasteiger partial charge in [0.2, 0.25) is 0 Å². The van der Waals surface area contributed by atoms with Crippen molar-refractivity contribution in [3.05, 3.63) is 207 Å². The number of rotatable bonds is 52. The number of esters is 2. The van der Waals surface area contributed by atoms with Crippen LogP contribution in [0.1, 0.15) is 181 Å². The molecule has 0 radical (unpaired) electrons. The summed E-state index contributed by atoms with van der Waals surface area (Å²) < 4.78 is 32.9. The molecule has 2 unspecified atom stereocenters. The van der Waals surface area contributed by atoms with Crippen LogP contribution in [0.15, 0.2) is 207 Å². The first-order valence-electron chi connectivity index (χ1n) is 29.6. The van der Waals surface area contributed by atoms with Gasteiger partial charge in [-0.15, -0.1) is 0 Å². The average molecular weight is 1110 g/mol. The number of allylic oxidation sites excluding steroid dienone is 34. The van der Waals surface area contributed by atoms with Gasteiger partial charge in [0.1, 0.15) is 6.61 Å². The Hall–Kier alpha value is -5.41. The Balaban J connectivity index is 4.19. The predicted octanol–water partition coefficient (Wildman–Crippen LogP) is 19.2. The highest BCUT2D eigenvalue weighted by molar-refractivity contribution is 7.47. The highest BCUT2D eigenvalue weighted by Gasteiger charge is 2.26. The summed E-state index contributed by atoms with van der Waals surface area (Å²) >= 11 is 0. The van der Waals surface area contributed by atoms with Gasteiger partial charge >= 0.3 is 19.8 Å². The number of phosphoric ester groups is 1. The number of nitrogens with two attached hydrogens (primary N) is 1. The maximum absolute atomic E-state index is 12.7. The van der Waals surface area contributed by atoms with E-state index in [0.29, 0.717) is 12.8 Å². The third kappa shape index (κ3) is 61.7. The molecular formula is C69H104NO8P. The molecule has 3 N–H and O–H groups in total. The summed E-state index contributed by atoms with van der Waals surface area (Å²) in [6.07, 6.45) is 96.0. The molecule has 0 bridgehead atoms. The van der Waals surface area contributed by atoms with Gasteiger partial charge in [0.25, 0.3) is 0 Å². The van der Waals surface area contributed by atoms with Crippen LogP contribution in [0.2, 0.25) is 0 Å². The Labute approximate surface area is 480 Å². The fourth-order valence-corrected chi connectivity index (χ4v) is 7.64. The summed E-state index contributed by atoms with van der Waals surface area (Å²) in [4.78, 5) is 35.2. The molecular weight excluding hydrogens is 1000 g/mol. The van der Waals surface area contributed by atoms with Gasteiger partial charge in [0.05, 0.1) is 13.2 Å². The lowest BCUT2D eigenvalue weighted by atomic mass is 10.1. The van der Waals surface area contributed by atoms with Crippen LogP contribution in [0, 0.1) is 0 Å². The second kappa shape index (κ2) is 61.8. The highest BCUT2D eigenvalue weighted by Crippen LogP contribution is 2.43. The van der Waals surface area contributed by atoms with Crippen molar-refractivity contribution >= 4 is 19.8 Å². The summed E-state index contributed by atoms with van der Waals surface area (Å²) in [6, 6.07) is 0. The minimum absolute atomic E-state index is 0.0288. The molecule has 9 nitrogen and oxygen atoms in total. The van der Waals surface area contributed by atoms with Gasteiger partial charge in [0, 0.05) is 19.4 Å². The quantitative estimate of drug-likeness (QED) is 0.0264. The Morgan fingerprint density at radius 3 is 0.975 bits per heavy atom. The lowest BCUT2D eigenvalue weighted by Gasteiger charge is -2.19. The topological polar surface area (TPSA) is 134 Å². The maximum atomic E-state index is 12.7. The van der Waals surface area contributed by atoms with Gasteiger partial charge in [-0.05, 0) is 148 Å². The van der Waals surface area contributed by atoms with Gasteiger partial charge in [0.15, 0.2) is 6.10 Å². The Kier molecular flexibility index (Phi) is 57.6. The Bertz CT molecular complexity index is 2040. The van der Waals surface area contributed by atoms with Gasteiger partial charge in [-0.25, -0.2) is 4.57 Å². The minimum atomic E-state index is -4.43. The molecule has 0 saturated carbocycles. The van der Waals surface area contributed by atoms with Crippen LogP contribution < -0.4 is 5.73 Å². The third-order valence-corrected chi connectivity index (χ3v) is 12.1. The van der Waals surface area contributed by atoms with E-state index in [1.807, 2.05) is 0 Å². The maximum Gasteiger partial charge on any atom is 0.472 e. The molecule has 0 spiro atoms. The fraction of sp³-hybridized carbons (Fsp3) is 0.478. The summed E-state index contributed by atoms with van der Waals surface area (Å²) in [5, 5.41) is 0. The van der Waals surface area contributed by atoms with Gasteiger partial charge in [-0.1, -0.05) is 227 Å². The van der Waals surface area contributed by atoms with E-state index in [1.165, 1.54) is 0 Å². The molecule has 0 aromatic rings. The van der Waals surface area contributed by atoms with Crippen molar-refractivity contribution in [2.75, 3.05) is 26.4 Å². The molecule has 0 aliphatic rings. The number of hydrogen-bond acceptors (Lipinski definition) is 8. The lowest BCUT2D eigenvalue weighted by Crippen LogP contribution is -2.29. The van der Waals surface area contributed by atoms with Crippen LogP contribution >= 0.6 is 7.82 Å². The fourth-order valence-electron chi connectivity index (χ4n) is 6.88. The first-order valence-corrected chi connectivity index (χ1v) is 31.1. The molecule has 0 saturated heterocycles. The second-order valence-electron chi connectivity index (χ2n) is 18.4. The number of hydrogen-bond donors (Lipinski definition) is 2. The van der Waals surface area contributed by atoms with Crippen LogP contribution in [0.25, 0.3) is 0 Å². The smallest absolute Gasteiger partial charge is 0.462 e. The molecule has 0 rings (SSSR count). The molecule has 0 amide bonds. The first-order chi connectivity index (χ1) is 38.8. The van der Waals surface area contributed by atoms with Crippen molar-refractivity contribution in [3.63, 3.8) is 0 Å². The standard InChI is InChI=1S/C69H104NO8P/c1-3-5-7-9-11-13-15-17-19-21-23-25-26-27-28-29-30-31-32-33-34-35-36-37-38-39-40-42-44-46-48-50-52-54-56-58-60-62-69(72)78-67(66-77-79(73,74)76-64-63-70)65-75-68(71)61-59-57-55-53-51-49-47-45-43-41-24-22-20-18-16-14-12-10-8-6-4-2/h5-8,11-14,17-20,23-25,27-28,30-31,33-34,36-37,39-41,44-47,50-53,67H,3-4,9-10,15-16,21-22,26,29,32,35,38,42-43,48-49,54-66,70H2,1-2H3,(H,73,74)/b7-5-,8-6-,13-11-,14-12-,19-17-,20-18-,25-23-,28-27-,31-30-,34-33-,37-36-,40-39-,41-24-,46-44-,47-45-,52-50-,53-51-. The number of phosphoric acid groups is 1. The highest BCUT2D eigenvalue weighted by atomic mass is 31.2. The first kappa shape index (κ1) is 73.6. The molecule has 0 aliphatic carbocycles. The van der Waals surface area contributed by atoms with E-state index in [1.54, 1.807) is 0 Å². The molecule has 10 heteroatoms. The van der Waals surface area contributed by atoms with Gasteiger partial charge in [-0.2, -0.15) is 0 Å². The second-order valence-corrected chi connectivity index (χ2v) is 19.8. The Morgan fingerprint density at radius 2 is 0.658 bits per heavy atom. The molecule has 0 fully saturated rings. The lowest BCUT2D eigenvalue weighted by molar-refractivity contribution is -0.161. The van der Waals surface area contributed by atoms with Crippen molar-refractivity contribution < 1.29 is 37.6 Å². The van der Waals surface area contributed by atoms with Crippen molar-refractivity contribution in [1.29, 1.82) is 0 Å². The van der Waals surface area contributed by atoms with E-state index in [-0.39, 0.29) is 32.6 Å². The van der Waals surface area contributed by atoms with Crippen LogP contribution in [0.4, 0.5) is 0 Å². The van der Waals surface area contributed by atoms with Crippen LogP contribution in [-0.4, -0.2) is 49.3 Å². The number of ether oxygens (including phenoxy) is 2. The third-order valence-electron chi connectivity index (χ3n) is 11.2. The SMILES string of the molecule is CC/C=C\C/C=C\C/C=C\C/C=C\C/C=C\C/C=C\C/C=C\C/C=C\C/C=C\C/C=C\C/C=C\CCCCCC(=O)OC(COC(=O)CCCC/C=C\C/C=C\C/C=C\C/C=C\C/C=C\C/C=C\CC)COP(=O)(O)OCCN. The summed E-state index contributed by atoms with van der Waals surface area (Å²) in [5.41, 5.74) is 5.37. The van der Waals surface area contributed by atoms with Crippen LogP contribution in [0.3, 0.4) is 0 Å². The largest absolute Gasteiger partial charge is 0.472 e. The average Bonchev–Trinajstić information content (AvgIpc) is 3.44. The van der Waals surface area contributed by atoms with E-state index in [9.17, 15) is 19.0 Å². The molecule has 0 aromatic carbocycles. The van der Waals surface area contributed by atoms with Crippen LogP contribution in [-0.2, 0) is 32.7 Å².